The van der Waals surface area contributed by atoms with Crippen LogP contribution in [0, 0.1) is 0 Å². The summed E-state index contributed by atoms with van der Waals surface area (Å²) < 4.78 is 0. The SMILES string of the molecule is CCc1nc(-c2cccc(O)c2)n[nH]1. The van der Waals surface area contributed by atoms with Crippen molar-refractivity contribution in [1.82, 2.24) is 15.2 Å². The highest BCUT2D eigenvalue weighted by Gasteiger charge is 2.04. The highest BCUT2D eigenvalue weighted by Crippen LogP contribution is 2.19. The van der Waals surface area contributed by atoms with Crippen molar-refractivity contribution < 1.29 is 5.11 Å². The molecule has 0 spiro atoms. The largest absolute Gasteiger partial charge is 0.508 e. The van der Waals surface area contributed by atoms with Crippen molar-refractivity contribution in [2.75, 3.05) is 0 Å². The summed E-state index contributed by atoms with van der Waals surface area (Å²) >= 11 is 0. The minimum Gasteiger partial charge on any atom is -0.508 e. The number of aromatic hydroxyl groups is 1. The lowest BCUT2D eigenvalue weighted by molar-refractivity contribution is 0.475. The van der Waals surface area contributed by atoms with E-state index in [1.54, 1.807) is 18.2 Å². The Morgan fingerprint density at radius 1 is 1.43 bits per heavy atom. The van der Waals surface area contributed by atoms with Gasteiger partial charge in [-0.3, -0.25) is 5.10 Å². The van der Waals surface area contributed by atoms with Crippen LogP contribution < -0.4 is 0 Å². The van der Waals surface area contributed by atoms with E-state index >= 15 is 0 Å². The van der Waals surface area contributed by atoms with Gasteiger partial charge in [-0.15, -0.1) is 0 Å². The van der Waals surface area contributed by atoms with Gasteiger partial charge < -0.3 is 5.11 Å². The minimum atomic E-state index is 0.227. The lowest BCUT2D eigenvalue weighted by Gasteiger charge is -1.94. The fourth-order valence-corrected chi connectivity index (χ4v) is 1.23. The van der Waals surface area contributed by atoms with Crippen LogP contribution in [0.5, 0.6) is 5.75 Å². The van der Waals surface area contributed by atoms with Gasteiger partial charge in [0.25, 0.3) is 0 Å². The normalized spacial score (nSPS) is 10.4. The molecule has 2 aromatic rings. The number of H-pyrrole nitrogens is 1. The molecule has 0 bridgehead atoms. The molecule has 0 unspecified atom stereocenters. The molecule has 0 saturated heterocycles. The van der Waals surface area contributed by atoms with E-state index in [-0.39, 0.29) is 5.75 Å². The number of nitrogens with one attached hydrogen (secondary N) is 1. The summed E-state index contributed by atoms with van der Waals surface area (Å²) in [5.41, 5.74) is 0.820. The predicted octanol–water partition coefficient (Wildman–Crippen LogP) is 1.74. The number of phenols is 1. The highest BCUT2D eigenvalue weighted by molar-refractivity contribution is 5.56. The second kappa shape index (κ2) is 3.49. The summed E-state index contributed by atoms with van der Waals surface area (Å²) in [4.78, 5) is 4.26. The molecule has 1 heterocycles. The van der Waals surface area contributed by atoms with Gasteiger partial charge in [-0.1, -0.05) is 19.1 Å². The maximum atomic E-state index is 9.27. The molecule has 0 amide bonds. The van der Waals surface area contributed by atoms with Gasteiger partial charge in [-0.2, -0.15) is 5.10 Å². The van der Waals surface area contributed by atoms with E-state index in [2.05, 4.69) is 15.2 Å². The van der Waals surface area contributed by atoms with Gasteiger partial charge in [0, 0.05) is 12.0 Å². The predicted molar refractivity (Wildman–Crippen MR) is 52.9 cm³/mol. The van der Waals surface area contributed by atoms with Gasteiger partial charge in [-0.25, -0.2) is 4.98 Å². The summed E-state index contributed by atoms with van der Waals surface area (Å²) in [6, 6.07) is 6.90. The van der Waals surface area contributed by atoms with Gasteiger partial charge in [0.15, 0.2) is 5.82 Å². The summed E-state index contributed by atoms with van der Waals surface area (Å²) in [6.07, 6.45) is 0.825. The zero-order valence-corrected chi connectivity index (χ0v) is 7.86. The molecule has 0 aliphatic rings. The Hall–Kier alpha value is -1.84. The second-order valence-corrected chi connectivity index (χ2v) is 3.01. The summed E-state index contributed by atoms with van der Waals surface area (Å²) in [7, 11) is 0. The monoisotopic (exact) mass is 189 g/mol. The number of aromatic nitrogens is 3. The number of hydrogen-bond acceptors (Lipinski definition) is 3. The number of phenolic OH excluding ortho intramolecular Hbond substituents is 1. The smallest absolute Gasteiger partial charge is 0.181 e. The van der Waals surface area contributed by atoms with E-state index < -0.39 is 0 Å². The van der Waals surface area contributed by atoms with Crippen molar-refractivity contribution in [2.45, 2.75) is 13.3 Å². The topological polar surface area (TPSA) is 61.8 Å². The summed E-state index contributed by atoms with van der Waals surface area (Å²) in [5, 5.41) is 16.2. The van der Waals surface area contributed by atoms with Crippen LogP contribution in [0.3, 0.4) is 0 Å². The zero-order valence-electron chi connectivity index (χ0n) is 7.86. The van der Waals surface area contributed by atoms with Gasteiger partial charge in [0.05, 0.1) is 0 Å². The molecule has 4 nitrogen and oxygen atoms in total. The van der Waals surface area contributed by atoms with E-state index in [0.717, 1.165) is 17.8 Å². The molecule has 2 N–H and O–H groups in total. The number of rotatable bonds is 2. The Morgan fingerprint density at radius 3 is 2.93 bits per heavy atom. The molecule has 72 valence electrons. The van der Waals surface area contributed by atoms with E-state index in [1.807, 2.05) is 13.0 Å². The molecule has 0 fully saturated rings. The van der Waals surface area contributed by atoms with Crippen LogP contribution in [0.25, 0.3) is 11.4 Å². The average molecular weight is 189 g/mol. The van der Waals surface area contributed by atoms with Crippen molar-refractivity contribution in [3.8, 4) is 17.1 Å². The van der Waals surface area contributed by atoms with E-state index in [1.165, 1.54) is 0 Å². The molecule has 0 aliphatic carbocycles. The molecule has 1 aromatic heterocycles. The van der Waals surface area contributed by atoms with E-state index in [0.29, 0.717) is 5.82 Å². The molecular weight excluding hydrogens is 178 g/mol. The third kappa shape index (κ3) is 1.59. The van der Waals surface area contributed by atoms with Crippen molar-refractivity contribution in [3.63, 3.8) is 0 Å². The third-order valence-electron chi connectivity index (χ3n) is 1.97. The van der Waals surface area contributed by atoms with Gasteiger partial charge in [0.1, 0.15) is 11.6 Å². The molecular formula is C10H11N3O. The van der Waals surface area contributed by atoms with Crippen LogP contribution in [0.15, 0.2) is 24.3 Å². The maximum absolute atomic E-state index is 9.27. The zero-order chi connectivity index (χ0) is 9.97. The number of aryl methyl sites for hydroxylation is 1. The van der Waals surface area contributed by atoms with Gasteiger partial charge in [-0.05, 0) is 12.1 Å². The van der Waals surface area contributed by atoms with E-state index in [4.69, 9.17) is 0 Å². The summed E-state index contributed by atoms with van der Waals surface area (Å²) in [6.45, 7) is 2.01. The molecule has 0 aliphatic heterocycles. The molecule has 14 heavy (non-hydrogen) atoms. The number of benzene rings is 1. The fourth-order valence-electron chi connectivity index (χ4n) is 1.23. The lowest BCUT2D eigenvalue weighted by atomic mass is 10.2. The van der Waals surface area contributed by atoms with Gasteiger partial charge >= 0.3 is 0 Å². The fraction of sp³-hybridized carbons (Fsp3) is 0.200. The quantitative estimate of drug-likeness (QED) is 0.756. The summed E-state index contributed by atoms with van der Waals surface area (Å²) in [5.74, 6) is 1.70. The lowest BCUT2D eigenvalue weighted by Crippen LogP contribution is -1.82. The second-order valence-electron chi connectivity index (χ2n) is 3.01. The van der Waals surface area contributed by atoms with Crippen molar-refractivity contribution >= 4 is 0 Å². The van der Waals surface area contributed by atoms with Crippen LogP contribution >= 0.6 is 0 Å². The highest BCUT2D eigenvalue weighted by atomic mass is 16.3. The number of aromatic amines is 1. The first kappa shape index (κ1) is 8.74. The Bertz CT molecular complexity index is 436. The molecule has 4 heteroatoms. The van der Waals surface area contributed by atoms with Crippen LogP contribution in [-0.4, -0.2) is 20.3 Å². The molecule has 0 radical (unpaired) electrons. The van der Waals surface area contributed by atoms with E-state index in [9.17, 15) is 5.11 Å². The molecule has 0 atom stereocenters. The van der Waals surface area contributed by atoms with Crippen LogP contribution in [0.4, 0.5) is 0 Å². The van der Waals surface area contributed by atoms with Crippen LogP contribution in [0.2, 0.25) is 0 Å². The van der Waals surface area contributed by atoms with Gasteiger partial charge in [0.2, 0.25) is 0 Å². The Morgan fingerprint density at radius 2 is 2.29 bits per heavy atom. The number of nitrogens with zero attached hydrogens (tertiary/aromatic N) is 2. The molecule has 0 saturated carbocycles. The Balaban J connectivity index is 2.39. The van der Waals surface area contributed by atoms with Crippen LogP contribution in [-0.2, 0) is 6.42 Å². The standard InChI is InChI=1S/C10H11N3O/c1-2-9-11-10(13-12-9)7-4-3-5-8(14)6-7/h3-6,14H,2H2,1H3,(H,11,12,13). The van der Waals surface area contributed by atoms with Crippen LogP contribution in [0.1, 0.15) is 12.7 Å². The molecule has 2 rings (SSSR count). The first-order valence-corrected chi connectivity index (χ1v) is 4.50. The number of hydrogen-bond donors (Lipinski definition) is 2. The minimum absolute atomic E-state index is 0.227. The first-order valence-electron chi connectivity index (χ1n) is 4.50. The average Bonchev–Trinajstić information content (AvgIpc) is 2.66. The maximum Gasteiger partial charge on any atom is 0.181 e. The molecule has 1 aromatic carbocycles. The van der Waals surface area contributed by atoms with Crippen molar-refractivity contribution in [2.24, 2.45) is 0 Å². The van der Waals surface area contributed by atoms with Crippen molar-refractivity contribution in [3.05, 3.63) is 30.1 Å². The first-order chi connectivity index (χ1) is 6.79. The Kier molecular flexibility index (Phi) is 2.18. The third-order valence-corrected chi connectivity index (χ3v) is 1.97. The Labute approximate surface area is 81.6 Å². The van der Waals surface area contributed by atoms with Crippen molar-refractivity contribution in [1.29, 1.82) is 0 Å².